The van der Waals surface area contributed by atoms with Crippen LogP contribution in [0, 0.1) is 5.82 Å². The fourth-order valence-corrected chi connectivity index (χ4v) is 2.91. The molecular formula is C20H13F3N4O. The molecule has 4 aromatic rings. The maximum Gasteiger partial charge on any atom is 0.264 e. The van der Waals surface area contributed by atoms with Crippen molar-refractivity contribution in [1.82, 2.24) is 15.0 Å². The van der Waals surface area contributed by atoms with E-state index in [0.717, 1.165) is 12.1 Å². The molecule has 1 amide bonds. The molecule has 4 rings (SSSR count). The SMILES string of the molecule is O=C(Nc1ccccn1)c1cc(F)cc2[nH]c(-c3ccccc3C(F)F)nc12. The molecule has 5 nitrogen and oxygen atoms in total. The monoisotopic (exact) mass is 382 g/mol. The smallest absolute Gasteiger partial charge is 0.264 e. The summed E-state index contributed by atoms with van der Waals surface area (Å²) in [6, 6.07) is 13.1. The third-order valence-corrected chi connectivity index (χ3v) is 4.15. The highest BCUT2D eigenvalue weighted by atomic mass is 19.3. The zero-order valence-electron chi connectivity index (χ0n) is 14.3. The summed E-state index contributed by atoms with van der Waals surface area (Å²) in [7, 11) is 0. The van der Waals surface area contributed by atoms with Gasteiger partial charge in [-0.15, -0.1) is 0 Å². The first-order valence-corrected chi connectivity index (χ1v) is 8.32. The zero-order chi connectivity index (χ0) is 19.7. The van der Waals surface area contributed by atoms with Crippen LogP contribution in [-0.2, 0) is 0 Å². The lowest BCUT2D eigenvalue weighted by molar-refractivity contribution is 0.102. The molecule has 2 heterocycles. The molecule has 2 aromatic carbocycles. The lowest BCUT2D eigenvalue weighted by atomic mass is 10.1. The number of halogens is 3. The Morgan fingerprint density at radius 3 is 2.61 bits per heavy atom. The number of nitrogens with one attached hydrogen (secondary N) is 2. The Labute approximate surface area is 157 Å². The highest BCUT2D eigenvalue weighted by Crippen LogP contribution is 2.31. The molecule has 0 aliphatic carbocycles. The Balaban J connectivity index is 1.80. The molecule has 2 aromatic heterocycles. The Kier molecular flexibility index (Phi) is 4.52. The molecule has 8 heteroatoms. The molecule has 0 saturated heterocycles. The minimum atomic E-state index is -2.70. The van der Waals surface area contributed by atoms with Crippen LogP contribution in [0.2, 0.25) is 0 Å². The van der Waals surface area contributed by atoms with Gasteiger partial charge in [-0.1, -0.05) is 30.3 Å². The number of carbonyl (C=O) groups excluding carboxylic acids is 1. The Bertz CT molecular complexity index is 1160. The first kappa shape index (κ1) is 17.7. The van der Waals surface area contributed by atoms with E-state index in [1.54, 1.807) is 24.3 Å². The molecule has 0 aliphatic rings. The number of carbonyl (C=O) groups is 1. The van der Waals surface area contributed by atoms with E-state index in [9.17, 15) is 18.0 Å². The highest BCUT2D eigenvalue weighted by Gasteiger charge is 2.20. The van der Waals surface area contributed by atoms with Crippen molar-refractivity contribution in [1.29, 1.82) is 0 Å². The van der Waals surface area contributed by atoms with E-state index in [0.29, 0.717) is 5.82 Å². The molecular weight excluding hydrogens is 369 g/mol. The Hall–Kier alpha value is -3.68. The number of nitrogens with zero attached hydrogens (tertiary/aromatic N) is 2. The number of H-pyrrole nitrogens is 1. The number of benzene rings is 2. The van der Waals surface area contributed by atoms with Gasteiger partial charge >= 0.3 is 0 Å². The second-order valence-corrected chi connectivity index (χ2v) is 5.99. The molecule has 2 N–H and O–H groups in total. The van der Waals surface area contributed by atoms with E-state index in [-0.39, 0.29) is 33.5 Å². The molecule has 0 unspecified atom stereocenters. The van der Waals surface area contributed by atoms with Crippen LogP contribution >= 0.6 is 0 Å². The third kappa shape index (κ3) is 3.32. The number of fused-ring (bicyclic) bond motifs is 1. The summed E-state index contributed by atoms with van der Waals surface area (Å²) in [5.41, 5.74) is 0.350. The highest BCUT2D eigenvalue weighted by molar-refractivity contribution is 6.11. The van der Waals surface area contributed by atoms with Crippen LogP contribution in [0.5, 0.6) is 0 Å². The fourth-order valence-electron chi connectivity index (χ4n) is 2.91. The quantitative estimate of drug-likeness (QED) is 0.524. The number of aromatic amines is 1. The number of pyridine rings is 1. The van der Waals surface area contributed by atoms with Gasteiger partial charge in [0.05, 0.1) is 11.1 Å². The van der Waals surface area contributed by atoms with E-state index in [2.05, 4.69) is 20.3 Å². The van der Waals surface area contributed by atoms with E-state index < -0.39 is 18.1 Å². The summed E-state index contributed by atoms with van der Waals surface area (Å²) in [6.45, 7) is 0. The zero-order valence-corrected chi connectivity index (χ0v) is 14.3. The number of hydrogen-bond donors (Lipinski definition) is 2. The van der Waals surface area contributed by atoms with Gasteiger partial charge in [0.2, 0.25) is 0 Å². The molecule has 0 saturated carbocycles. The summed E-state index contributed by atoms with van der Waals surface area (Å²) in [5.74, 6) is -0.841. The Morgan fingerprint density at radius 1 is 1.07 bits per heavy atom. The van der Waals surface area contributed by atoms with Crippen LogP contribution in [0.15, 0.2) is 60.8 Å². The number of hydrogen-bond acceptors (Lipinski definition) is 3. The van der Waals surface area contributed by atoms with E-state index >= 15 is 0 Å². The molecule has 140 valence electrons. The van der Waals surface area contributed by atoms with Crippen LogP contribution in [0.1, 0.15) is 22.3 Å². The van der Waals surface area contributed by atoms with Crippen LogP contribution in [0.3, 0.4) is 0 Å². The van der Waals surface area contributed by atoms with Crippen molar-refractivity contribution in [2.24, 2.45) is 0 Å². The second-order valence-electron chi connectivity index (χ2n) is 5.99. The average molecular weight is 382 g/mol. The topological polar surface area (TPSA) is 70.7 Å². The molecule has 0 spiro atoms. The van der Waals surface area contributed by atoms with Crippen molar-refractivity contribution in [3.8, 4) is 11.4 Å². The lowest BCUT2D eigenvalue weighted by Crippen LogP contribution is -2.13. The maximum absolute atomic E-state index is 14.1. The predicted octanol–water partition coefficient (Wildman–Crippen LogP) is 4.95. The van der Waals surface area contributed by atoms with Crippen LogP contribution < -0.4 is 5.32 Å². The summed E-state index contributed by atoms with van der Waals surface area (Å²) in [5, 5.41) is 2.57. The van der Waals surface area contributed by atoms with E-state index in [4.69, 9.17) is 0 Å². The minimum absolute atomic E-state index is 0.0299. The third-order valence-electron chi connectivity index (χ3n) is 4.15. The maximum atomic E-state index is 14.1. The van der Waals surface area contributed by atoms with Gasteiger partial charge in [0, 0.05) is 17.3 Å². The van der Waals surface area contributed by atoms with Crippen molar-refractivity contribution >= 4 is 22.8 Å². The average Bonchev–Trinajstić information content (AvgIpc) is 3.11. The van der Waals surface area contributed by atoms with Gasteiger partial charge in [0.15, 0.2) is 0 Å². The van der Waals surface area contributed by atoms with Crippen molar-refractivity contribution in [3.63, 3.8) is 0 Å². The van der Waals surface area contributed by atoms with Crippen LogP contribution in [-0.4, -0.2) is 20.9 Å². The van der Waals surface area contributed by atoms with Crippen molar-refractivity contribution < 1.29 is 18.0 Å². The van der Waals surface area contributed by atoms with Gasteiger partial charge in [0.25, 0.3) is 12.3 Å². The number of aromatic nitrogens is 3. The van der Waals surface area contributed by atoms with Gasteiger partial charge in [-0.05, 0) is 24.3 Å². The molecule has 0 bridgehead atoms. The number of rotatable bonds is 4. The summed E-state index contributed by atoms with van der Waals surface area (Å²) >= 11 is 0. The van der Waals surface area contributed by atoms with E-state index in [1.807, 2.05) is 0 Å². The Morgan fingerprint density at radius 2 is 1.86 bits per heavy atom. The normalized spacial score (nSPS) is 11.1. The van der Waals surface area contributed by atoms with Crippen LogP contribution in [0.4, 0.5) is 19.0 Å². The molecule has 0 radical (unpaired) electrons. The molecule has 0 atom stereocenters. The molecule has 28 heavy (non-hydrogen) atoms. The number of anilines is 1. The number of amides is 1. The summed E-state index contributed by atoms with van der Waals surface area (Å²) in [4.78, 5) is 23.7. The van der Waals surface area contributed by atoms with Crippen LogP contribution in [0.25, 0.3) is 22.4 Å². The standard InChI is InChI=1S/C20H13F3N4O/c21-11-9-14(20(28)26-16-7-3-4-8-24-16)17-15(10-11)25-19(27-17)13-6-2-1-5-12(13)18(22)23/h1-10,18H,(H,25,27)(H,24,26,28). The molecule has 0 fully saturated rings. The summed E-state index contributed by atoms with van der Waals surface area (Å²) in [6.07, 6.45) is -1.20. The number of alkyl halides is 2. The van der Waals surface area contributed by atoms with Gasteiger partial charge < -0.3 is 10.3 Å². The fraction of sp³-hybridized carbons (Fsp3) is 0.0500. The van der Waals surface area contributed by atoms with Gasteiger partial charge in [0.1, 0.15) is 23.0 Å². The van der Waals surface area contributed by atoms with Crippen molar-refractivity contribution in [2.45, 2.75) is 6.43 Å². The molecule has 0 aliphatic heterocycles. The van der Waals surface area contributed by atoms with Gasteiger partial charge in [-0.2, -0.15) is 0 Å². The van der Waals surface area contributed by atoms with E-state index in [1.165, 1.54) is 24.4 Å². The first-order valence-electron chi connectivity index (χ1n) is 8.32. The van der Waals surface area contributed by atoms with Gasteiger partial charge in [-0.25, -0.2) is 23.1 Å². The lowest BCUT2D eigenvalue weighted by Gasteiger charge is -2.05. The van der Waals surface area contributed by atoms with Gasteiger partial charge in [-0.3, -0.25) is 4.79 Å². The van der Waals surface area contributed by atoms with Crippen molar-refractivity contribution in [2.75, 3.05) is 5.32 Å². The second kappa shape index (κ2) is 7.15. The van der Waals surface area contributed by atoms with Crippen molar-refractivity contribution in [3.05, 3.63) is 77.7 Å². The largest absolute Gasteiger partial charge is 0.338 e. The minimum Gasteiger partial charge on any atom is -0.338 e. The summed E-state index contributed by atoms with van der Waals surface area (Å²) < 4.78 is 40.7. The predicted molar refractivity (Wildman–Crippen MR) is 98.6 cm³/mol. The first-order chi connectivity index (χ1) is 13.5. The number of imidazole rings is 1.